The van der Waals surface area contributed by atoms with Crippen LogP contribution in [0.15, 0.2) is 188 Å². The van der Waals surface area contributed by atoms with Gasteiger partial charge in [0, 0.05) is 36.8 Å². The van der Waals surface area contributed by atoms with E-state index in [1.807, 2.05) is 11.3 Å². The van der Waals surface area contributed by atoms with Gasteiger partial charge in [0.15, 0.2) is 0 Å². The van der Waals surface area contributed by atoms with E-state index in [1.54, 1.807) is 0 Å². The van der Waals surface area contributed by atoms with Crippen molar-refractivity contribution >= 4 is 80.9 Å². The molecule has 0 aliphatic heterocycles. The average Bonchev–Trinajstić information content (AvgIpc) is 3.56. The molecule has 0 radical (unpaired) electrons. The highest BCUT2D eigenvalue weighted by atomic mass is 32.1. The van der Waals surface area contributed by atoms with E-state index >= 15 is 0 Å². The van der Waals surface area contributed by atoms with Crippen LogP contribution in [0.2, 0.25) is 0 Å². The molecule has 0 bridgehead atoms. The van der Waals surface area contributed by atoms with Crippen LogP contribution in [0.5, 0.6) is 0 Å². The minimum Gasteiger partial charge on any atom is -0.309 e. The molecular weight excluding hydrogens is 623 g/mol. The summed E-state index contributed by atoms with van der Waals surface area (Å²) >= 11 is 1.87. The first-order valence-corrected chi connectivity index (χ1v) is 17.9. The summed E-state index contributed by atoms with van der Waals surface area (Å²) < 4.78 is 2.62. The van der Waals surface area contributed by atoms with E-state index < -0.39 is 0 Å². The van der Waals surface area contributed by atoms with Crippen molar-refractivity contribution in [3.63, 3.8) is 0 Å². The van der Waals surface area contributed by atoms with Crippen LogP contribution in [0.3, 0.4) is 0 Å². The molecule has 0 saturated carbocycles. The summed E-state index contributed by atoms with van der Waals surface area (Å²) in [6.07, 6.45) is 0. The Balaban J connectivity index is 1.34. The minimum atomic E-state index is 1.12. The third-order valence-corrected chi connectivity index (χ3v) is 11.2. The standard InChI is InChI=1S/C48H31NS/c1-2-17-35(18-3-1)49(44-25-12-16-32-14-4-7-20-37(32)44)45-26-13-24-38(34-28-29-42-41-23-10-11-27-46(41)50-47(42)31-34)48(45)43-30-33-15-5-6-19-36(33)39-21-8-9-22-40(39)43/h1-31H. The molecule has 10 aromatic rings. The monoisotopic (exact) mass is 653 g/mol. The first-order valence-electron chi connectivity index (χ1n) is 17.1. The third-order valence-electron chi connectivity index (χ3n) is 10.0. The van der Waals surface area contributed by atoms with Crippen LogP contribution in [0.4, 0.5) is 17.1 Å². The number of nitrogens with zero attached hydrogens (tertiary/aromatic N) is 1. The van der Waals surface area contributed by atoms with Gasteiger partial charge < -0.3 is 4.90 Å². The Morgan fingerprint density at radius 2 is 0.960 bits per heavy atom. The van der Waals surface area contributed by atoms with E-state index in [4.69, 9.17) is 0 Å². The van der Waals surface area contributed by atoms with Crippen LogP contribution in [0.1, 0.15) is 0 Å². The molecule has 0 fully saturated rings. The van der Waals surface area contributed by atoms with E-state index in [9.17, 15) is 0 Å². The largest absolute Gasteiger partial charge is 0.309 e. The summed E-state index contributed by atoms with van der Waals surface area (Å²) in [6.45, 7) is 0. The molecule has 0 amide bonds. The van der Waals surface area contributed by atoms with Crippen LogP contribution in [-0.2, 0) is 0 Å². The van der Waals surface area contributed by atoms with Gasteiger partial charge in [0.25, 0.3) is 0 Å². The molecule has 0 unspecified atom stereocenters. The van der Waals surface area contributed by atoms with Crippen molar-refractivity contribution in [1.82, 2.24) is 0 Å². The third kappa shape index (κ3) is 4.61. The lowest BCUT2D eigenvalue weighted by Crippen LogP contribution is -2.12. The zero-order chi connectivity index (χ0) is 33.0. The number of para-hydroxylation sites is 1. The van der Waals surface area contributed by atoms with Crippen LogP contribution < -0.4 is 4.90 Å². The summed E-state index contributed by atoms with van der Waals surface area (Å²) in [7, 11) is 0. The Hall–Kier alpha value is -6.22. The predicted molar refractivity (Wildman–Crippen MR) is 217 cm³/mol. The highest BCUT2D eigenvalue weighted by Gasteiger charge is 2.24. The van der Waals surface area contributed by atoms with Gasteiger partial charge in [0.2, 0.25) is 0 Å². The zero-order valence-corrected chi connectivity index (χ0v) is 28.1. The van der Waals surface area contributed by atoms with Crippen LogP contribution in [-0.4, -0.2) is 0 Å². The smallest absolute Gasteiger partial charge is 0.0546 e. The van der Waals surface area contributed by atoms with E-state index in [0.717, 1.165) is 17.1 Å². The Labute approximate surface area is 294 Å². The molecule has 1 heterocycles. The molecule has 1 nitrogen and oxygen atoms in total. The van der Waals surface area contributed by atoms with Gasteiger partial charge in [0.1, 0.15) is 0 Å². The molecule has 0 atom stereocenters. The molecule has 10 rings (SSSR count). The maximum atomic E-state index is 2.46. The number of benzene rings is 9. The second-order valence-corrected chi connectivity index (χ2v) is 14.0. The Kier molecular flexibility index (Phi) is 6.75. The SMILES string of the molecule is c1ccc(N(c2cccc(-c3ccc4c(c3)sc3ccccc34)c2-c2cc3ccccc3c3ccccc23)c2cccc3ccccc23)cc1. The maximum Gasteiger partial charge on any atom is 0.0546 e. The molecule has 2 heteroatoms. The molecule has 1 aromatic heterocycles. The van der Waals surface area contributed by atoms with Gasteiger partial charge in [-0.2, -0.15) is 0 Å². The van der Waals surface area contributed by atoms with Gasteiger partial charge in [-0.25, -0.2) is 0 Å². The second-order valence-electron chi connectivity index (χ2n) is 12.9. The maximum absolute atomic E-state index is 2.46. The zero-order valence-electron chi connectivity index (χ0n) is 27.3. The van der Waals surface area contributed by atoms with Crippen molar-refractivity contribution in [2.24, 2.45) is 0 Å². The summed E-state index contributed by atoms with van der Waals surface area (Å²) in [5.41, 5.74) is 8.27. The van der Waals surface area contributed by atoms with Crippen molar-refractivity contribution in [3.05, 3.63) is 188 Å². The molecule has 0 aliphatic carbocycles. The van der Waals surface area contributed by atoms with Gasteiger partial charge in [-0.15, -0.1) is 11.3 Å². The topological polar surface area (TPSA) is 3.24 Å². The van der Waals surface area contributed by atoms with Gasteiger partial charge in [-0.3, -0.25) is 0 Å². The van der Waals surface area contributed by atoms with E-state index in [2.05, 4.69) is 193 Å². The minimum absolute atomic E-state index is 1.12. The van der Waals surface area contributed by atoms with Crippen LogP contribution in [0.25, 0.3) is 74.7 Å². The average molecular weight is 654 g/mol. The number of hydrogen-bond donors (Lipinski definition) is 0. The first-order chi connectivity index (χ1) is 24.8. The molecule has 50 heavy (non-hydrogen) atoms. The molecular formula is C48H31NS. The van der Waals surface area contributed by atoms with Crippen molar-refractivity contribution in [1.29, 1.82) is 0 Å². The highest BCUT2D eigenvalue weighted by Crippen LogP contribution is 2.50. The number of hydrogen-bond acceptors (Lipinski definition) is 2. The molecule has 9 aromatic carbocycles. The lowest BCUT2D eigenvalue weighted by molar-refractivity contribution is 1.30. The highest BCUT2D eigenvalue weighted by molar-refractivity contribution is 7.25. The van der Waals surface area contributed by atoms with Gasteiger partial charge >= 0.3 is 0 Å². The Morgan fingerprint density at radius 3 is 1.82 bits per heavy atom. The normalized spacial score (nSPS) is 11.6. The Morgan fingerprint density at radius 1 is 0.340 bits per heavy atom. The van der Waals surface area contributed by atoms with Crippen molar-refractivity contribution < 1.29 is 0 Å². The lowest BCUT2D eigenvalue weighted by atomic mass is 9.87. The first kappa shape index (κ1) is 28.8. The van der Waals surface area contributed by atoms with E-state index in [-0.39, 0.29) is 0 Å². The van der Waals surface area contributed by atoms with Gasteiger partial charge in [-0.1, -0.05) is 146 Å². The lowest BCUT2D eigenvalue weighted by Gasteiger charge is -2.30. The quantitative estimate of drug-likeness (QED) is 0.167. The molecule has 0 N–H and O–H groups in total. The van der Waals surface area contributed by atoms with E-state index in [1.165, 1.54) is 74.7 Å². The number of thiophene rings is 1. The fourth-order valence-corrected chi connectivity index (χ4v) is 8.94. The predicted octanol–water partition coefficient (Wildman–Crippen LogP) is 14.3. The summed E-state index contributed by atoms with van der Waals surface area (Å²) in [6, 6.07) is 68.9. The van der Waals surface area contributed by atoms with Crippen molar-refractivity contribution in [2.45, 2.75) is 0 Å². The summed E-state index contributed by atoms with van der Waals surface area (Å²) in [5.74, 6) is 0. The van der Waals surface area contributed by atoms with E-state index in [0.29, 0.717) is 0 Å². The number of anilines is 3. The molecule has 0 aliphatic rings. The van der Waals surface area contributed by atoms with Crippen LogP contribution >= 0.6 is 11.3 Å². The number of fused-ring (bicyclic) bond motifs is 7. The van der Waals surface area contributed by atoms with Gasteiger partial charge in [-0.05, 0) is 86.1 Å². The van der Waals surface area contributed by atoms with Crippen molar-refractivity contribution in [3.8, 4) is 22.3 Å². The molecule has 0 saturated heterocycles. The summed E-state index contributed by atoms with van der Waals surface area (Å²) in [4.78, 5) is 2.46. The Bertz CT molecular complexity index is 2880. The van der Waals surface area contributed by atoms with Gasteiger partial charge in [0.05, 0.1) is 11.4 Å². The second kappa shape index (κ2) is 11.7. The fraction of sp³-hybridized carbons (Fsp3) is 0. The molecule has 234 valence electrons. The van der Waals surface area contributed by atoms with Crippen LogP contribution in [0, 0.1) is 0 Å². The summed E-state index contributed by atoms with van der Waals surface area (Å²) in [5, 5.41) is 10.1. The molecule has 0 spiro atoms. The number of rotatable bonds is 5. The van der Waals surface area contributed by atoms with Crippen molar-refractivity contribution in [2.75, 3.05) is 4.90 Å². The fourth-order valence-electron chi connectivity index (χ4n) is 7.79.